The Labute approximate surface area is 288 Å². The molecule has 1 atom stereocenters. The van der Waals surface area contributed by atoms with Crippen molar-refractivity contribution in [1.29, 1.82) is 0 Å². The molecule has 2 aromatic rings. The molecule has 3 heterocycles. The number of rotatable bonds is 22. The van der Waals surface area contributed by atoms with Crippen LogP contribution in [0, 0.1) is 0 Å². The van der Waals surface area contributed by atoms with Gasteiger partial charge in [0.1, 0.15) is 6.54 Å². The number of hydrazine groups is 1. The van der Waals surface area contributed by atoms with Crippen LogP contribution in [0.5, 0.6) is 0 Å². The number of anilines is 4. The van der Waals surface area contributed by atoms with E-state index in [-0.39, 0.29) is 75.4 Å². The van der Waals surface area contributed by atoms with Gasteiger partial charge in [0.15, 0.2) is 23.1 Å². The summed E-state index contributed by atoms with van der Waals surface area (Å²) >= 11 is 0. The molecule has 2 aromatic heterocycles. The molecule has 0 saturated heterocycles. The fourth-order valence-electron chi connectivity index (χ4n) is 6.59. The summed E-state index contributed by atoms with van der Waals surface area (Å²) in [6, 6.07) is 0. The minimum Gasteiger partial charge on any atom is -0.395 e. The van der Waals surface area contributed by atoms with Crippen molar-refractivity contribution in [1.82, 2.24) is 34.0 Å². The van der Waals surface area contributed by atoms with Crippen molar-refractivity contribution < 1.29 is 24.8 Å². The number of quaternary nitrogens is 1. The first-order chi connectivity index (χ1) is 23.5. The molecular formula is C31H59N12O6+. The molecule has 0 fully saturated rings. The third-order valence-electron chi connectivity index (χ3n) is 8.70. The lowest BCUT2D eigenvalue weighted by Gasteiger charge is -2.49. The second-order valence-corrected chi connectivity index (χ2v) is 11.7. The predicted octanol–water partition coefficient (Wildman–Crippen LogP) is -0.518. The van der Waals surface area contributed by atoms with E-state index >= 15 is 0 Å². The molecule has 1 aliphatic heterocycles. The molecule has 1 amide bonds. The first kappa shape index (κ1) is 39.5. The van der Waals surface area contributed by atoms with Crippen molar-refractivity contribution in [3.8, 4) is 0 Å². The molecule has 0 aromatic carbocycles. The first-order valence-electron chi connectivity index (χ1n) is 17.4. The Hall–Kier alpha value is -3.97. The molecule has 0 radical (unpaired) electrons. The van der Waals surface area contributed by atoms with E-state index in [0.717, 1.165) is 0 Å². The van der Waals surface area contributed by atoms with Crippen molar-refractivity contribution in [2.45, 2.75) is 61.2 Å². The normalized spacial score (nSPS) is 16.1. The summed E-state index contributed by atoms with van der Waals surface area (Å²) in [6.45, 7) is 14.2. The van der Waals surface area contributed by atoms with Crippen LogP contribution in [0.4, 0.5) is 23.0 Å². The largest absolute Gasteiger partial charge is 0.395 e. The zero-order valence-electron chi connectivity index (χ0n) is 30.6. The van der Waals surface area contributed by atoms with E-state index in [0.29, 0.717) is 56.7 Å². The van der Waals surface area contributed by atoms with Gasteiger partial charge < -0.3 is 35.8 Å². The molecule has 3 rings (SSSR count). The van der Waals surface area contributed by atoms with E-state index in [9.17, 15) is 29.7 Å². The van der Waals surface area contributed by atoms with Gasteiger partial charge in [-0.15, -0.1) is 0 Å². The number of likely N-dealkylation sites (N-methyl/N-ethyl adjacent to an activating group) is 2. The second-order valence-electron chi connectivity index (χ2n) is 11.7. The number of carbonyl (C=O) groups is 1. The van der Waals surface area contributed by atoms with Gasteiger partial charge in [-0.1, -0.05) is 5.12 Å². The third-order valence-corrected chi connectivity index (χ3v) is 8.70. The molecule has 0 aliphatic carbocycles. The fourth-order valence-corrected chi connectivity index (χ4v) is 6.59. The predicted molar refractivity (Wildman–Crippen MR) is 191 cm³/mol. The van der Waals surface area contributed by atoms with E-state index in [1.54, 1.807) is 24.4 Å². The van der Waals surface area contributed by atoms with E-state index in [4.69, 9.17) is 0 Å². The van der Waals surface area contributed by atoms with Crippen molar-refractivity contribution in [3.63, 3.8) is 0 Å². The molecule has 0 spiro atoms. The van der Waals surface area contributed by atoms with Crippen molar-refractivity contribution in [2.75, 3.05) is 107 Å². The van der Waals surface area contributed by atoms with Gasteiger partial charge in [0.2, 0.25) is 5.69 Å². The van der Waals surface area contributed by atoms with Crippen LogP contribution in [0.25, 0.3) is 0 Å². The van der Waals surface area contributed by atoms with Crippen LogP contribution in [-0.2, 0) is 24.4 Å². The van der Waals surface area contributed by atoms with Gasteiger partial charge in [-0.3, -0.25) is 24.1 Å². The number of hydrogen-bond acceptors (Lipinski definition) is 13. The monoisotopic (exact) mass is 695 g/mol. The van der Waals surface area contributed by atoms with E-state index in [1.165, 1.54) is 6.08 Å². The number of nitrogens with one attached hydrogen (secondary N) is 3. The molecule has 18 heteroatoms. The Morgan fingerprint density at radius 3 is 1.90 bits per heavy atom. The number of H-pyrrole nitrogens is 1. The maximum Gasteiger partial charge on any atom is 0.393 e. The molecule has 0 saturated carbocycles. The number of aryl methyl sites for hydroxylation is 1. The number of aromatic amines is 1. The highest BCUT2D eigenvalue weighted by atomic mass is 16.3. The summed E-state index contributed by atoms with van der Waals surface area (Å²) in [7, 11) is 3.92. The minimum absolute atomic E-state index is 0.140. The zero-order valence-corrected chi connectivity index (χ0v) is 30.6. The van der Waals surface area contributed by atoms with Gasteiger partial charge in [-0.05, 0) is 60.3 Å². The molecule has 18 nitrogen and oxygen atoms in total. The zero-order chi connectivity index (χ0) is 36.5. The van der Waals surface area contributed by atoms with Crippen molar-refractivity contribution in [2.24, 2.45) is 0 Å². The Morgan fingerprint density at radius 2 is 1.41 bits per heavy atom. The summed E-state index contributed by atoms with van der Waals surface area (Å²) in [5.74, 6) is 1.00. The molecular weight excluding hydrogens is 636 g/mol. The van der Waals surface area contributed by atoms with Gasteiger partial charge >= 0.3 is 5.91 Å². The quantitative estimate of drug-likeness (QED) is 0.0685. The molecule has 1 aliphatic rings. The van der Waals surface area contributed by atoms with Gasteiger partial charge in [-0.2, -0.15) is 5.01 Å². The Bertz CT molecular complexity index is 1520. The van der Waals surface area contributed by atoms with Gasteiger partial charge in [0, 0.05) is 58.9 Å². The van der Waals surface area contributed by atoms with Gasteiger partial charge in [0.05, 0.1) is 32.4 Å². The topological polar surface area (TPSA) is 183 Å². The Balaban J connectivity index is 2.53. The van der Waals surface area contributed by atoms with Gasteiger partial charge in [0.25, 0.3) is 11.1 Å². The number of aliphatic hydroxyl groups excluding tert-OH is 3. The summed E-state index contributed by atoms with van der Waals surface area (Å²) in [4.78, 5) is 47.3. The first-order valence-corrected chi connectivity index (χ1v) is 17.4. The standard InChI is InChI=1S/C31H58N12O6/c1-9-37-28(33-16-20-44)26(30(48)34-37)38(10-2)42(27-29(32-15-17-35(7)8)39(11-3)40(12-4)31(27)49)43(14-6)25(47)23-24(41(43)13-5)36(18-21-45)19-22-46/h23,44-46H,9-22H2,1-8H3,(H2-,32,33,34,48,49)/p+1. The molecule has 0 bridgehead atoms. The SMILES string of the molecule is CCN(c1c(NCCO)n(CC)[nH]c1=O)N(c1c(NCCN(C)C)n(CC)n(CC)c1=O)[N+]1(CC)C(=O)C=C(N(CCO)CCO)N1CC. The highest BCUT2D eigenvalue weighted by Gasteiger charge is 2.58. The van der Waals surface area contributed by atoms with Gasteiger partial charge in [-0.25, -0.2) is 14.5 Å². The summed E-state index contributed by atoms with van der Waals surface area (Å²) in [6.07, 6.45) is 1.49. The Morgan fingerprint density at radius 1 is 0.776 bits per heavy atom. The highest BCUT2D eigenvalue weighted by Crippen LogP contribution is 2.40. The van der Waals surface area contributed by atoms with Crippen LogP contribution in [0.15, 0.2) is 21.5 Å². The lowest BCUT2D eigenvalue weighted by molar-refractivity contribution is -0.964. The lowest BCUT2D eigenvalue weighted by atomic mass is 10.4. The minimum atomic E-state index is -0.543. The van der Waals surface area contributed by atoms with Crippen LogP contribution in [-0.4, -0.2) is 146 Å². The Kier molecular flexibility index (Phi) is 14.2. The lowest BCUT2D eigenvalue weighted by Crippen LogP contribution is -2.74. The summed E-state index contributed by atoms with van der Waals surface area (Å²) < 4.78 is 4.58. The van der Waals surface area contributed by atoms with Crippen LogP contribution in [0.1, 0.15) is 41.5 Å². The maximum absolute atomic E-state index is 14.8. The van der Waals surface area contributed by atoms with E-state index in [2.05, 4.69) is 15.7 Å². The van der Waals surface area contributed by atoms with Crippen LogP contribution < -0.4 is 31.9 Å². The molecule has 49 heavy (non-hydrogen) atoms. The van der Waals surface area contributed by atoms with Crippen molar-refractivity contribution >= 4 is 28.9 Å². The number of carbonyl (C=O) groups excluding carboxylic acids is 1. The van der Waals surface area contributed by atoms with Crippen LogP contribution in [0.3, 0.4) is 0 Å². The molecule has 6 N–H and O–H groups in total. The second kappa shape index (κ2) is 17.6. The number of aromatic nitrogens is 4. The molecule has 1 unspecified atom stereocenters. The number of aliphatic hydroxyl groups is 3. The van der Waals surface area contributed by atoms with E-state index < -0.39 is 10.3 Å². The van der Waals surface area contributed by atoms with Crippen LogP contribution in [0.2, 0.25) is 0 Å². The van der Waals surface area contributed by atoms with Crippen LogP contribution >= 0.6 is 0 Å². The number of hydrogen-bond donors (Lipinski definition) is 6. The fraction of sp³-hybridized carbons (Fsp3) is 0.710. The average Bonchev–Trinajstić information content (AvgIpc) is 3.66. The number of amides is 1. The smallest absolute Gasteiger partial charge is 0.393 e. The average molecular weight is 696 g/mol. The third kappa shape index (κ3) is 7.33. The maximum atomic E-state index is 14.8. The molecule has 278 valence electrons. The summed E-state index contributed by atoms with van der Waals surface area (Å²) in [5, 5.41) is 44.3. The summed E-state index contributed by atoms with van der Waals surface area (Å²) in [5.41, 5.74) is -0.437. The van der Waals surface area contributed by atoms with E-state index in [1.807, 2.05) is 70.2 Å². The highest BCUT2D eigenvalue weighted by molar-refractivity contribution is 5.86. The number of nitrogens with zero attached hydrogens (tertiary/aromatic N) is 9. The van der Waals surface area contributed by atoms with Crippen molar-refractivity contribution in [3.05, 3.63) is 32.6 Å².